The Morgan fingerprint density at radius 1 is 1.39 bits per heavy atom. The molecule has 2 unspecified atom stereocenters. The van der Waals surface area contributed by atoms with Gasteiger partial charge in [-0.05, 0) is 32.4 Å². The quantitative estimate of drug-likeness (QED) is 0.658. The summed E-state index contributed by atoms with van der Waals surface area (Å²) in [4.78, 5) is 14.2. The van der Waals surface area contributed by atoms with Crippen molar-refractivity contribution in [2.45, 2.75) is 45.3 Å². The van der Waals surface area contributed by atoms with Gasteiger partial charge in [0.1, 0.15) is 6.10 Å². The van der Waals surface area contributed by atoms with Gasteiger partial charge in [0.2, 0.25) is 5.91 Å². The van der Waals surface area contributed by atoms with Gasteiger partial charge in [0.05, 0.1) is 6.10 Å². The number of nitrogens with one attached hydrogen (secondary N) is 1. The number of nitrogens with zero attached hydrogens (tertiary/aromatic N) is 1. The molecule has 1 amide bonds. The van der Waals surface area contributed by atoms with Crippen LogP contribution >= 0.6 is 0 Å². The summed E-state index contributed by atoms with van der Waals surface area (Å²) in [7, 11) is 0. The molecule has 1 aliphatic heterocycles. The molecule has 0 aromatic rings. The Labute approximate surface area is 110 Å². The molecule has 0 saturated carbocycles. The van der Waals surface area contributed by atoms with E-state index in [0.717, 1.165) is 38.9 Å². The van der Waals surface area contributed by atoms with Crippen LogP contribution in [0, 0.1) is 0 Å². The number of carbonyl (C=O) groups excluding carboxylic acids is 1. The smallest absolute Gasteiger partial charge is 0.249 e. The standard InChI is InChI=1S/C13H27N3O2/c1-3-8-16(4-2)9-7-15-13(17)12-6-5-11(10-14)18-12/h11-12H,3-10,14H2,1-2H3,(H,15,17). The molecule has 0 aromatic carbocycles. The Bertz CT molecular complexity index is 248. The van der Waals surface area contributed by atoms with Crippen LogP contribution in [-0.2, 0) is 9.53 Å². The molecule has 1 fully saturated rings. The number of ether oxygens (including phenoxy) is 1. The van der Waals surface area contributed by atoms with Gasteiger partial charge >= 0.3 is 0 Å². The third-order valence-electron chi connectivity index (χ3n) is 3.38. The van der Waals surface area contributed by atoms with Crippen molar-refractivity contribution >= 4 is 5.91 Å². The lowest BCUT2D eigenvalue weighted by atomic mass is 10.2. The number of nitrogens with two attached hydrogens (primary N) is 1. The van der Waals surface area contributed by atoms with Gasteiger partial charge in [-0.3, -0.25) is 4.79 Å². The molecule has 0 aromatic heterocycles. The first-order chi connectivity index (χ1) is 8.71. The van der Waals surface area contributed by atoms with Crippen molar-refractivity contribution in [3.8, 4) is 0 Å². The van der Waals surface area contributed by atoms with Crippen LogP contribution in [0.25, 0.3) is 0 Å². The highest BCUT2D eigenvalue weighted by molar-refractivity contribution is 5.81. The maximum atomic E-state index is 11.8. The molecular weight excluding hydrogens is 230 g/mol. The van der Waals surface area contributed by atoms with Gasteiger partial charge in [0.25, 0.3) is 0 Å². The van der Waals surface area contributed by atoms with Gasteiger partial charge in [0.15, 0.2) is 0 Å². The molecule has 1 aliphatic rings. The molecule has 5 heteroatoms. The van der Waals surface area contributed by atoms with E-state index >= 15 is 0 Å². The summed E-state index contributed by atoms with van der Waals surface area (Å²) in [6.07, 6.45) is 2.60. The predicted molar refractivity (Wildman–Crippen MR) is 72.4 cm³/mol. The van der Waals surface area contributed by atoms with Gasteiger partial charge < -0.3 is 20.7 Å². The molecule has 0 aliphatic carbocycles. The average molecular weight is 257 g/mol. The second kappa shape index (κ2) is 8.45. The van der Waals surface area contributed by atoms with E-state index in [2.05, 4.69) is 24.1 Å². The average Bonchev–Trinajstić information content (AvgIpc) is 2.86. The van der Waals surface area contributed by atoms with E-state index in [9.17, 15) is 4.79 Å². The normalized spacial score (nSPS) is 23.6. The summed E-state index contributed by atoms with van der Waals surface area (Å²) in [6, 6.07) is 0. The SMILES string of the molecule is CCCN(CC)CCNC(=O)C1CCC(CN)O1. The highest BCUT2D eigenvalue weighted by atomic mass is 16.5. The summed E-state index contributed by atoms with van der Waals surface area (Å²) in [5.41, 5.74) is 5.52. The van der Waals surface area contributed by atoms with Crippen molar-refractivity contribution in [1.82, 2.24) is 10.2 Å². The van der Waals surface area contributed by atoms with E-state index in [1.54, 1.807) is 0 Å². The number of rotatable bonds is 8. The molecule has 0 radical (unpaired) electrons. The Balaban J connectivity index is 2.17. The van der Waals surface area contributed by atoms with Gasteiger partial charge in [-0.2, -0.15) is 0 Å². The summed E-state index contributed by atoms with van der Waals surface area (Å²) in [6.45, 7) is 8.53. The zero-order valence-electron chi connectivity index (χ0n) is 11.7. The highest BCUT2D eigenvalue weighted by Crippen LogP contribution is 2.18. The lowest BCUT2D eigenvalue weighted by molar-refractivity contribution is -0.131. The minimum atomic E-state index is -0.292. The number of carbonyl (C=O) groups is 1. The summed E-state index contributed by atoms with van der Waals surface area (Å²) < 4.78 is 5.55. The first kappa shape index (κ1) is 15.4. The number of hydrogen-bond donors (Lipinski definition) is 2. The van der Waals surface area contributed by atoms with Crippen LogP contribution in [0.4, 0.5) is 0 Å². The molecule has 1 rings (SSSR count). The molecular formula is C13H27N3O2. The largest absolute Gasteiger partial charge is 0.364 e. The monoisotopic (exact) mass is 257 g/mol. The van der Waals surface area contributed by atoms with E-state index in [0.29, 0.717) is 13.1 Å². The number of likely N-dealkylation sites (N-methyl/N-ethyl adjacent to an activating group) is 1. The van der Waals surface area contributed by atoms with Crippen molar-refractivity contribution in [3.63, 3.8) is 0 Å². The number of amides is 1. The van der Waals surface area contributed by atoms with Crippen molar-refractivity contribution in [2.24, 2.45) is 5.73 Å². The van der Waals surface area contributed by atoms with E-state index in [1.807, 2.05) is 0 Å². The summed E-state index contributed by atoms with van der Waals surface area (Å²) in [5.74, 6) is 0.0125. The Hall–Kier alpha value is -0.650. The molecule has 3 N–H and O–H groups in total. The van der Waals surface area contributed by atoms with Crippen molar-refractivity contribution < 1.29 is 9.53 Å². The van der Waals surface area contributed by atoms with Crippen LogP contribution in [0.1, 0.15) is 33.1 Å². The lowest BCUT2D eigenvalue weighted by Crippen LogP contribution is -2.40. The molecule has 1 saturated heterocycles. The molecule has 0 spiro atoms. The molecule has 5 nitrogen and oxygen atoms in total. The van der Waals surface area contributed by atoms with Crippen molar-refractivity contribution in [3.05, 3.63) is 0 Å². The van der Waals surface area contributed by atoms with E-state index in [1.165, 1.54) is 0 Å². The topological polar surface area (TPSA) is 67.6 Å². The number of hydrogen-bond acceptors (Lipinski definition) is 4. The fraction of sp³-hybridized carbons (Fsp3) is 0.923. The first-order valence-corrected chi connectivity index (χ1v) is 7.06. The Morgan fingerprint density at radius 3 is 2.72 bits per heavy atom. The van der Waals surface area contributed by atoms with Crippen molar-refractivity contribution in [2.75, 3.05) is 32.7 Å². The fourth-order valence-corrected chi connectivity index (χ4v) is 2.27. The maximum absolute atomic E-state index is 11.8. The second-order valence-electron chi connectivity index (χ2n) is 4.79. The minimum Gasteiger partial charge on any atom is -0.364 e. The van der Waals surface area contributed by atoms with E-state index in [-0.39, 0.29) is 18.1 Å². The predicted octanol–water partition coefficient (Wildman–Crippen LogP) is 0.341. The van der Waals surface area contributed by atoms with Crippen molar-refractivity contribution in [1.29, 1.82) is 0 Å². The zero-order chi connectivity index (χ0) is 13.4. The van der Waals surface area contributed by atoms with Crippen LogP contribution in [-0.4, -0.2) is 55.7 Å². The molecule has 0 bridgehead atoms. The van der Waals surface area contributed by atoms with Crippen LogP contribution in [0.3, 0.4) is 0 Å². The summed E-state index contributed by atoms with van der Waals surface area (Å²) >= 11 is 0. The molecule has 1 heterocycles. The highest BCUT2D eigenvalue weighted by Gasteiger charge is 2.29. The van der Waals surface area contributed by atoms with Gasteiger partial charge in [-0.15, -0.1) is 0 Å². The third-order valence-corrected chi connectivity index (χ3v) is 3.38. The minimum absolute atomic E-state index is 0.0125. The van der Waals surface area contributed by atoms with Crippen LogP contribution in [0.15, 0.2) is 0 Å². The van der Waals surface area contributed by atoms with Crippen LogP contribution in [0.5, 0.6) is 0 Å². The summed E-state index contributed by atoms with van der Waals surface area (Å²) in [5, 5.41) is 2.95. The van der Waals surface area contributed by atoms with Crippen LogP contribution in [0.2, 0.25) is 0 Å². The Morgan fingerprint density at radius 2 is 2.17 bits per heavy atom. The molecule has 106 valence electrons. The molecule has 2 atom stereocenters. The zero-order valence-corrected chi connectivity index (χ0v) is 11.7. The van der Waals surface area contributed by atoms with E-state index in [4.69, 9.17) is 10.5 Å². The van der Waals surface area contributed by atoms with E-state index < -0.39 is 0 Å². The second-order valence-corrected chi connectivity index (χ2v) is 4.79. The van der Waals surface area contributed by atoms with Crippen LogP contribution < -0.4 is 11.1 Å². The lowest BCUT2D eigenvalue weighted by Gasteiger charge is -2.20. The molecule has 18 heavy (non-hydrogen) atoms. The Kier molecular flexibility index (Phi) is 7.23. The van der Waals surface area contributed by atoms with Gasteiger partial charge in [0, 0.05) is 19.6 Å². The third kappa shape index (κ3) is 4.92. The first-order valence-electron chi connectivity index (χ1n) is 7.06. The maximum Gasteiger partial charge on any atom is 0.249 e. The van der Waals surface area contributed by atoms with Gasteiger partial charge in [-0.1, -0.05) is 13.8 Å². The van der Waals surface area contributed by atoms with Gasteiger partial charge in [-0.25, -0.2) is 0 Å². The fourth-order valence-electron chi connectivity index (χ4n) is 2.27.